The van der Waals surface area contributed by atoms with Crippen LogP contribution in [0.5, 0.6) is 0 Å². The largest absolute Gasteiger partial charge is 0.383 e. The Balaban J connectivity index is 2.57. The average molecular weight is 307 g/mol. The zero-order valence-electron chi connectivity index (χ0n) is 9.50. The summed E-state index contributed by atoms with van der Waals surface area (Å²) >= 11 is 9.16. The molecule has 3 N–H and O–H groups in total. The van der Waals surface area contributed by atoms with Gasteiger partial charge in [0.1, 0.15) is 5.15 Å². The van der Waals surface area contributed by atoms with Crippen molar-refractivity contribution < 1.29 is 0 Å². The summed E-state index contributed by atoms with van der Waals surface area (Å²) in [6.07, 6.45) is 1.72. The number of nitrogens with one attached hydrogen (secondary N) is 1. The third-order valence-corrected chi connectivity index (χ3v) is 3.74. The molecule has 1 unspecified atom stereocenters. The number of hydrogen-bond donors (Lipinski definition) is 2. The minimum Gasteiger partial charge on any atom is -0.383 e. The molecular formula is C11H17BrClN3. The normalized spacial score (nSPS) is 12.9. The number of halogens is 2. The second-order valence-corrected chi connectivity index (χ2v) is 5.33. The van der Waals surface area contributed by atoms with Gasteiger partial charge >= 0.3 is 0 Å². The highest BCUT2D eigenvalue weighted by molar-refractivity contribution is 9.10. The van der Waals surface area contributed by atoms with Crippen molar-refractivity contribution in [2.24, 2.45) is 17.6 Å². The number of rotatable bonds is 5. The summed E-state index contributed by atoms with van der Waals surface area (Å²) in [7, 11) is 0. The minimum atomic E-state index is 0.467. The van der Waals surface area contributed by atoms with E-state index in [0.29, 0.717) is 23.5 Å². The van der Waals surface area contributed by atoms with Crippen LogP contribution in [0, 0.1) is 11.8 Å². The molecule has 1 atom stereocenters. The molecule has 0 radical (unpaired) electrons. The maximum Gasteiger partial charge on any atom is 0.143 e. The molecule has 1 rings (SSSR count). The average Bonchev–Trinajstić information content (AvgIpc) is 2.23. The van der Waals surface area contributed by atoms with E-state index < -0.39 is 0 Å². The lowest BCUT2D eigenvalue weighted by molar-refractivity contribution is 0.413. The zero-order valence-corrected chi connectivity index (χ0v) is 11.8. The standard InChI is InChI=1S/C11H17BrClN3/c1-7(2)8(4-14)5-15-9-3-10(12)11(13)16-6-9/h3,6-8,15H,4-5,14H2,1-2H3. The maximum atomic E-state index is 5.82. The van der Waals surface area contributed by atoms with E-state index in [-0.39, 0.29) is 0 Å². The molecule has 1 aromatic rings. The predicted octanol–water partition coefficient (Wildman–Crippen LogP) is 3.14. The van der Waals surface area contributed by atoms with Crippen LogP contribution in [0.15, 0.2) is 16.7 Å². The Morgan fingerprint density at radius 3 is 2.75 bits per heavy atom. The van der Waals surface area contributed by atoms with E-state index in [0.717, 1.165) is 16.7 Å². The lowest BCUT2D eigenvalue weighted by Crippen LogP contribution is -2.27. The highest BCUT2D eigenvalue weighted by Gasteiger charge is 2.11. The molecule has 1 heterocycles. The molecule has 3 nitrogen and oxygen atoms in total. The monoisotopic (exact) mass is 305 g/mol. The number of aromatic nitrogens is 1. The van der Waals surface area contributed by atoms with E-state index in [9.17, 15) is 0 Å². The van der Waals surface area contributed by atoms with E-state index >= 15 is 0 Å². The van der Waals surface area contributed by atoms with Crippen LogP contribution in [0.3, 0.4) is 0 Å². The van der Waals surface area contributed by atoms with Crippen LogP contribution in [-0.4, -0.2) is 18.1 Å². The number of hydrogen-bond acceptors (Lipinski definition) is 3. The van der Waals surface area contributed by atoms with Crippen molar-refractivity contribution in [2.75, 3.05) is 18.4 Å². The fraction of sp³-hybridized carbons (Fsp3) is 0.545. The maximum absolute atomic E-state index is 5.82. The van der Waals surface area contributed by atoms with Gasteiger partial charge in [0.15, 0.2) is 0 Å². The van der Waals surface area contributed by atoms with Crippen molar-refractivity contribution in [3.8, 4) is 0 Å². The molecule has 0 fully saturated rings. The lowest BCUT2D eigenvalue weighted by atomic mass is 9.96. The van der Waals surface area contributed by atoms with Crippen LogP contribution in [0.4, 0.5) is 5.69 Å². The lowest BCUT2D eigenvalue weighted by Gasteiger charge is -2.19. The molecule has 0 aromatic carbocycles. The van der Waals surface area contributed by atoms with Crippen LogP contribution >= 0.6 is 27.5 Å². The summed E-state index contributed by atoms with van der Waals surface area (Å²) in [5, 5.41) is 3.79. The quantitative estimate of drug-likeness (QED) is 0.822. The Hall–Kier alpha value is -0.320. The Bertz CT molecular complexity index is 344. The van der Waals surface area contributed by atoms with Gasteiger partial charge in [0.25, 0.3) is 0 Å². The third kappa shape index (κ3) is 3.92. The Morgan fingerprint density at radius 1 is 1.56 bits per heavy atom. The van der Waals surface area contributed by atoms with E-state index in [1.807, 2.05) is 6.07 Å². The van der Waals surface area contributed by atoms with Crippen LogP contribution in [0.1, 0.15) is 13.8 Å². The predicted molar refractivity (Wildman–Crippen MR) is 72.8 cm³/mol. The fourth-order valence-electron chi connectivity index (χ4n) is 1.36. The van der Waals surface area contributed by atoms with Crippen molar-refractivity contribution in [1.82, 2.24) is 4.98 Å². The van der Waals surface area contributed by atoms with Gasteiger partial charge in [-0.3, -0.25) is 0 Å². The van der Waals surface area contributed by atoms with E-state index in [1.165, 1.54) is 0 Å². The van der Waals surface area contributed by atoms with E-state index in [4.69, 9.17) is 17.3 Å². The summed E-state index contributed by atoms with van der Waals surface area (Å²) < 4.78 is 0.799. The number of nitrogens with two attached hydrogens (primary N) is 1. The van der Waals surface area contributed by atoms with Gasteiger partial charge in [-0.1, -0.05) is 25.4 Å². The summed E-state index contributed by atoms with van der Waals surface area (Å²) in [4.78, 5) is 4.05. The number of nitrogens with zero attached hydrogens (tertiary/aromatic N) is 1. The van der Waals surface area contributed by atoms with Crippen LogP contribution < -0.4 is 11.1 Å². The zero-order chi connectivity index (χ0) is 12.1. The van der Waals surface area contributed by atoms with Gasteiger partial charge in [0.05, 0.1) is 16.4 Å². The highest BCUT2D eigenvalue weighted by Crippen LogP contribution is 2.23. The third-order valence-electron chi connectivity index (χ3n) is 2.61. The first-order valence-electron chi connectivity index (χ1n) is 5.29. The summed E-state index contributed by atoms with van der Waals surface area (Å²) in [5.41, 5.74) is 6.66. The van der Waals surface area contributed by atoms with E-state index in [2.05, 4.69) is 40.1 Å². The first-order chi connectivity index (χ1) is 7.54. The minimum absolute atomic E-state index is 0.467. The highest BCUT2D eigenvalue weighted by atomic mass is 79.9. The fourth-order valence-corrected chi connectivity index (χ4v) is 1.81. The number of anilines is 1. The summed E-state index contributed by atoms with van der Waals surface area (Å²) in [6.45, 7) is 5.89. The smallest absolute Gasteiger partial charge is 0.143 e. The molecule has 0 saturated carbocycles. The molecular weight excluding hydrogens is 289 g/mol. The molecule has 0 saturated heterocycles. The van der Waals surface area contributed by atoms with Gasteiger partial charge in [-0.2, -0.15) is 0 Å². The second-order valence-electron chi connectivity index (χ2n) is 4.12. The van der Waals surface area contributed by atoms with Crippen molar-refractivity contribution in [2.45, 2.75) is 13.8 Å². The van der Waals surface area contributed by atoms with Gasteiger partial charge in [-0.25, -0.2) is 4.98 Å². The van der Waals surface area contributed by atoms with Crippen molar-refractivity contribution in [3.63, 3.8) is 0 Å². The molecule has 0 spiro atoms. The Morgan fingerprint density at radius 2 is 2.25 bits per heavy atom. The first-order valence-corrected chi connectivity index (χ1v) is 6.46. The van der Waals surface area contributed by atoms with Crippen molar-refractivity contribution in [1.29, 1.82) is 0 Å². The Labute approximate surface area is 110 Å². The molecule has 0 aliphatic heterocycles. The molecule has 0 aliphatic rings. The van der Waals surface area contributed by atoms with Gasteiger partial charge < -0.3 is 11.1 Å². The van der Waals surface area contributed by atoms with Gasteiger partial charge in [0, 0.05) is 6.54 Å². The molecule has 0 amide bonds. The number of pyridine rings is 1. The van der Waals surface area contributed by atoms with Gasteiger partial charge in [-0.05, 0) is 40.4 Å². The molecule has 90 valence electrons. The molecule has 5 heteroatoms. The molecule has 0 aliphatic carbocycles. The van der Waals surface area contributed by atoms with Gasteiger partial charge in [0.2, 0.25) is 0 Å². The van der Waals surface area contributed by atoms with Crippen molar-refractivity contribution in [3.05, 3.63) is 21.9 Å². The Kier molecular flexibility index (Phi) is 5.52. The summed E-state index contributed by atoms with van der Waals surface area (Å²) in [6, 6.07) is 1.92. The van der Waals surface area contributed by atoms with Crippen LogP contribution in [0.25, 0.3) is 0 Å². The SMILES string of the molecule is CC(C)C(CN)CNc1cnc(Cl)c(Br)c1. The molecule has 1 aromatic heterocycles. The molecule has 16 heavy (non-hydrogen) atoms. The second kappa shape index (κ2) is 6.42. The topological polar surface area (TPSA) is 50.9 Å². The van der Waals surface area contributed by atoms with Crippen molar-refractivity contribution >= 4 is 33.2 Å². The van der Waals surface area contributed by atoms with Crippen LogP contribution in [-0.2, 0) is 0 Å². The summed E-state index contributed by atoms with van der Waals surface area (Å²) in [5.74, 6) is 1.04. The molecule has 0 bridgehead atoms. The van der Waals surface area contributed by atoms with Crippen LogP contribution in [0.2, 0.25) is 5.15 Å². The first kappa shape index (κ1) is 13.7. The van der Waals surface area contributed by atoms with E-state index in [1.54, 1.807) is 6.20 Å². The van der Waals surface area contributed by atoms with Gasteiger partial charge in [-0.15, -0.1) is 0 Å².